The molecule has 0 radical (unpaired) electrons. The predicted molar refractivity (Wildman–Crippen MR) is 122 cm³/mol. The third-order valence-corrected chi connectivity index (χ3v) is 5.37. The van der Waals surface area contributed by atoms with E-state index in [1.165, 1.54) is 5.56 Å². The van der Waals surface area contributed by atoms with Crippen molar-refractivity contribution in [2.45, 2.75) is 13.8 Å². The molecule has 0 aliphatic heterocycles. The summed E-state index contributed by atoms with van der Waals surface area (Å²) in [5.74, 6) is 0.00536. The summed E-state index contributed by atoms with van der Waals surface area (Å²) in [6.07, 6.45) is 0. The molecule has 4 aromatic rings. The summed E-state index contributed by atoms with van der Waals surface area (Å²) in [6.45, 7) is 4.15. The third-order valence-electron chi connectivity index (χ3n) is 5.37. The average Bonchev–Trinajstić information content (AvgIpc) is 2.98. The van der Waals surface area contributed by atoms with Crippen molar-refractivity contribution in [3.8, 4) is 11.1 Å². The number of nitrogens with zero attached hydrogens (tertiary/aromatic N) is 1. The normalized spacial score (nSPS) is 13.3. The molecule has 0 amide bonds. The Balaban J connectivity index is 0.00000128. The van der Waals surface area contributed by atoms with Gasteiger partial charge in [-0.25, -0.2) is 4.99 Å². The van der Waals surface area contributed by atoms with Crippen molar-refractivity contribution in [3.05, 3.63) is 109 Å². The second-order valence-corrected chi connectivity index (χ2v) is 7.34. The van der Waals surface area contributed by atoms with Gasteiger partial charge < -0.3 is 7.43 Å². The van der Waals surface area contributed by atoms with E-state index >= 15 is 0 Å². The maximum Gasteiger partial charge on any atom is 0.212 e. The van der Waals surface area contributed by atoms with Crippen molar-refractivity contribution < 1.29 is 21.3 Å². The average molecular weight is 435 g/mol. The SMILES string of the molecule is Cc1cc(C)c(N=C2C(=O)c3cccc4cccc2c34)c(-c2ccccc2)c1.[CH3-].[Ni]. The maximum atomic E-state index is 13.2. The van der Waals surface area contributed by atoms with Crippen LogP contribution in [0.1, 0.15) is 27.0 Å². The van der Waals surface area contributed by atoms with Crippen LogP contribution in [0.25, 0.3) is 21.9 Å². The summed E-state index contributed by atoms with van der Waals surface area (Å²) in [7, 11) is 0. The Morgan fingerprint density at radius 3 is 2.10 bits per heavy atom. The molecule has 2 nitrogen and oxygen atoms in total. The topological polar surface area (TPSA) is 29.4 Å². The van der Waals surface area contributed by atoms with Gasteiger partial charge in [0.1, 0.15) is 5.71 Å². The van der Waals surface area contributed by atoms with Crippen molar-refractivity contribution in [1.82, 2.24) is 0 Å². The zero-order chi connectivity index (χ0) is 19.3. The van der Waals surface area contributed by atoms with E-state index in [0.717, 1.165) is 44.3 Å². The Morgan fingerprint density at radius 1 is 0.733 bits per heavy atom. The largest absolute Gasteiger partial charge is 0.358 e. The van der Waals surface area contributed by atoms with Gasteiger partial charge >= 0.3 is 0 Å². The summed E-state index contributed by atoms with van der Waals surface area (Å²) in [4.78, 5) is 18.1. The monoisotopic (exact) mass is 434 g/mol. The number of carbonyl (C=O) groups excluding carboxylic acids is 1. The fourth-order valence-corrected chi connectivity index (χ4v) is 4.15. The number of Topliss-reactive ketones (excluding diaryl/α,β-unsaturated/α-hetero) is 1. The summed E-state index contributed by atoms with van der Waals surface area (Å²) < 4.78 is 0. The Bertz CT molecular complexity index is 1280. The van der Waals surface area contributed by atoms with Crippen molar-refractivity contribution in [2.24, 2.45) is 4.99 Å². The Kier molecular flexibility index (Phi) is 6.05. The zero-order valence-electron chi connectivity index (χ0n) is 17.2. The quantitative estimate of drug-likeness (QED) is 0.249. The van der Waals surface area contributed by atoms with Gasteiger partial charge in [-0.05, 0) is 36.4 Å². The van der Waals surface area contributed by atoms with Crippen molar-refractivity contribution >= 4 is 28.0 Å². The summed E-state index contributed by atoms with van der Waals surface area (Å²) >= 11 is 0. The van der Waals surface area contributed by atoms with Crippen LogP contribution in [0.2, 0.25) is 0 Å². The Morgan fingerprint density at radius 2 is 1.40 bits per heavy atom. The molecule has 152 valence electrons. The Labute approximate surface area is 187 Å². The molecule has 0 bridgehead atoms. The summed E-state index contributed by atoms with van der Waals surface area (Å²) in [5, 5.41) is 2.09. The number of benzene rings is 4. The molecule has 0 atom stereocenters. The van der Waals surface area contributed by atoms with Crippen LogP contribution in [-0.2, 0) is 16.5 Å². The van der Waals surface area contributed by atoms with Crippen molar-refractivity contribution in [2.75, 3.05) is 0 Å². The van der Waals surface area contributed by atoms with E-state index in [9.17, 15) is 4.79 Å². The van der Waals surface area contributed by atoms with E-state index in [4.69, 9.17) is 4.99 Å². The van der Waals surface area contributed by atoms with E-state index in [2.05, 4.69) is 38.1 Å². The summed E-state index contributed by atoms with van der Waals surface area (Å²) in [6, 6.07) is 26.4. The second-order valence-electron chi connectivity index (χ2n) is 7.34. The fourth-order valence-electron chi connectivity index (χ4n) is 4.15. The number of hydrogen-bond donors (Lipinski definition) is 0. The number of hydrogen-bond acceptors (Lipinski definition) is 2. The molecule has 0 spiro atoms. The van der Waals surface area contributed by atoms with Crippen LogP contribution in [0.4, 0.5) is 5.69 Å². The molecule has 4 aromatic carbocycles. The molecule has 0 N–H and O–H groups in total. The number of aliphatic imine (C=N–C) groups is 1. The van der Waals surface area contributed by atoms with Crippen molar-refractivity contribution in [1.29, 1.82) is 0 Å². The van der Waals surface area contributed by atoms with E-state index in [0.29, 0.717) is 5.71 Å². The molecule has 0 saturated heterocycles. The van der Waals surface area contributed by atoms with Crippen LogP contribution in [0.15, 0.2) is 83.9 Å². The standard InChI is InChI=1S/C26H19NO.CH3.Ni/c1-16-14-17(2)24(22(15-16)18-8-4-3-5-9-18)27-25-20-12-6-10-19-11-7-13-21(23(19)20)26(25)28;;/h3-15H,1-2H3;1H3;/q;-1;. The molecule has 30 heavy (non-hydrogen) atoms. The molecular formula is C27H22NNiO-. The van der Waals surface area contributed by atoms with Gasteiger partial charge in [0.25, 0.3) is 0 Å². The maximum absolute atomic E-state index is 13.2. The van der Waals surface area contributed by atoms with Gasteiger partial charge in [0.15, 0.2) is 0 Å². The number of carbonyl (C=O) groups is 1. The first-order valence-electron chi connectivity index (χ1n) is 9.45. The summed E-state index contributed by atoms with van der Waals surface area (Å²) in [5.41, 5.74) is 7.50. The minimum absolute atomic E-state index is 0. The molecular weight excluding hydrogens is 413 g/mol. The number of rotatable bonds is 2. The first-order valence-corrected chi connectivity index (χ1v) is 9.45. The van der Waals surface area contributed by atoms with Gasteiger partial charge in [-0.1, -0.05) is 78.4 Å². The molecule has 3 heteroatoms. The fraction of sp³-hybridized carbons (Fsp3) is 0.0741. The van der Waals surface area contributed by atoms with E-state index in [1.807, 2.05) is 54.6 Å². The van der Waals surface area contributed by atoms with Gasteiger partial charge in [0.2, 0.25) is 5.78 Å². The number of ketones is 1. The predicted octanol–water partition coefficient (Wildman–Crippen LogP) is 6.89. The van der Waals surface area contributed by atoms with E-state index in [1.54, 1.807) is 0 Å². The minimum atomic E-state index is 0. The number of aryl methyl sites for hydroxylation is 2. The van der Waals surface area contributed by atoms with Crippen LogP contribution in [0.3, 0.4) is 0 Å². The first kappa shape index (κ1) is 21.7. The molecule has 0 aromatic heterocycles. The van der Waals surface area contributed by atoms with Crippen molar-refractivity contribution in [3.63, 3.8) is 0 Å². The van der Waals surface area contributed by atoms with Crippen LogP contribution in [-0.4, -0.2) is 11.5 Å². The van der Waals surface area contributed by atoms with Gasteiger partial charge in [0, 0.05) is 38.6 Å². The minimum Gasteiger partial charge on any atom is -0.358 e. The first-order chi connectivity index (χ1) is 13.6. The third kappa shape index (κ3) is 3.40. The van der Waals surface area contributed by atoms with Crippen LogP contribution in [0.5, 0.6) is 0 Å². The van der Waals surface area contributed by atoms with Gasteiger partial charge in [0.05, 0.1) is 5.69 Å². The Hall–Kier alpha value is -3.03. The van der Waals surface area contributed by atoms with E-state index < -0.39 is 0 Å². The van der Waals surface area contributed by atoms with Crippen LogP contribution in [0, 0.1) is 21.3 Å². The molecule has 0 unspecified atom stereocenters. The molecule has 0 saturated carbocycles. The van der Waals surface area contributed by atoms with Crippen LogP contribution >= 0.6 is 0 Å². The molecule has 5 rings (SSSR count). The molecule has 0 fully saturated rings. The van der Waals surface area contributed by atoms with Gasteiger partial charge in [-0.3, -0.25) is 4.79 Å². The zero-order valence-corrected chi connectivity index (χ0v) is 18.2. The smallest absolute Gasteiger partial charge is 0.212 e. The molecule has 1 aliphatic rings. The van der Waals surface area contributed by atoms with Gasteiger partial charge in [-0.15, -0.1) is 0 Å². The van der Waals surface area contributed by atoms with Crippen LogP contribution < -0.4 is 0 Å². The van der Waals surface area contributed by atoms with Gasteiger partial charge in [-0.2, -0.15) is 0 Å². The molecule has 0 heterocycles. The molecule has 1 aliphatic carbocycles. The second kappa shape index (κ2) is 8.38. The van der Waals surface area contributed by atoms with E-state index in [-0.39, 0.29) is 29.7 Å².